The first-order valence-corrected chi connectivity index (χ1v) is 12.7. The summed E-state index contributed by atoms with van der Waals surface area (Å²) in [6, 6.07) is 8.84. The lowest BCUT2D eigenvalue weighted by Crippen LogP contribution is -2.36. The van der Waals surface area contributed by atoms with Crippen LogP contribution in [0.25, 0.3) is 11.2 Å². The van der Waals surface area contributed by atoms with Gasteiger partial charge in [-0.2, -0.15) is 5.48 Å². The largest absolute Gasteiger partial charge is 0.458 e. The minimum absolute atomic E-state index is 0.0210. The maximum atomic E-state index is 12.5. The standard InChI is InChI=1S/C22H28N7O5P/c1-15(28-32-10-9-16-5-3-2-4-6-16)22(30)34-35(24,31)33-12-17-7-8-18(11-17)29-14-27-19-20(23)25-13-26-21(19)29/h2-8,13-15,17-18,28H,9-12H2,1H3,(H2,24,31)(H2,23,25,26)/t15-,17-,18+,35?/m0/s1. The van der Waals surface area contributed by atoms with Gasteiger partial charge in [0.15, 0.2) is 11.5 Å². The Bertz CT molecular complexity index is 1240. The molecule has 0 aliphatic heterocycles. The SMILES string of the molecule is C[C@H](NOCCc1ccccc1)C(=O)OP(N)(=O)OC[C@H]1C=C[C@@H](n2cnc3c(N)ncnc32)C1. The molecule has 2 aromatic heterocycles. The number of imidazole rings is 1. The quantitative estimate of drug-likeness (QED) is 0.152. The smallest absolute Gasteiger partial charge is 0.382 e. The molecule has 12 nitrogen and oxygen atoms in total. The van der Waals surface area contributed by atoms with E-state index in [1.54, 1.807) is 6.33 Å². The van der Waals surface area contributed by atoms with E-state index in [2.05, 4.69) is 20.4 Å². The first kappa shape index (κ1) is 25.0. The van der Waals surface area contributed by atoms with Gasteiger partial charge in [0.2, 0.25) is 0 Å². The second-order valence-corrected chi connectivity index (χ2v) is 9.72. The summed E-state index contributed by atoms with van der Waals surface area (Å²) in [5.41, 5.74) is 16.3. The van der Waals surface area contributed by atoms with Gasteiger partial charge in [0, 0.05) is 5.92 Å². The van der Waals surface area contributed by atoms with Gasteiger partial charge in [0.05, 0.1) is 25.6 Å². The summed E-state index contributed by atoms with van der Waals surface area (Å²) in [6.07, 6.45) is 8.24. The third kappa shape index (κ3) is 6.50. The molecule has 0 fully saturated rings. The van der Waals surface area contributed by atoms with Crippen LogP contribution in [0.5, 0.6) is 0 Å². The predicted molar refractivity (Wildman–Crippen MR) is 129 cm³/mol. The number of allylic oxidation sites excluding steroid dienone is 1. The van der Waals surface area contributed by atoms with Gasteiger partial charge in [-0.25, -0.2) is 29.8 Å². The third-order valence-electron chi connectivity index (χ3n) is 5.53. The fourth-order valence-corrected chi connectivity index (χ4v) is 4.53. The van der Waals surface area contributed by atoms with Crippen molar-refractivity contribution in [3.8, 4) is 0 Å². The van der Waals surface area contributed by atoms with Crippen LogP contribution in [0.15, 0.2) is 55.1 Å². The molecule has 4 rings (SSSR count). The van der Waals surface area contributed by atoms with Crippen molar-refractivity contribution in [2.24, 2.45) is 11.4 Å². The summed E-state index contributed by atoms with van der Waals surface area (Å²) in [5.74, 6) is -0.617. The van der Waals surface area contributed by atoms with Gasteiger partial charge < -0.3 is 19.7 Å². The second kappa shape index (κ2) is 11.1. The van der Waals surface area contributed by atoms with Crippen molar-refractivity contribution in [1.29, 1.82) is 0 Å². The molecule has 0 radical (unpaired) electrons. The molecule has 13 heteroatoms. The molecule has 1 unspecified atom stereocenters. The van der Waals surface area contributed by atoms with Crippen molar-refractivity contribution in [2.45, 2.75) is 31.8 Å². The highest BCUT2D eigenvalue weighted by Crippen LogP contribution is 2.41. The van der Waals surface area contributed by atoms with E-state index >= 15 is 0 Å². The van der Waals surface area contributed by atoms with E-state index in [1.807, 2.05) is 47.1 Å². The Balaban J connectivity index is 1.20. The van der Waals surface area contributed by atoms with E-state index in [9.17, 15) is 9.36 Å². The summed E-state index contributed by atoms with van der Waals surface area (Å²) < 4.78 is 24.6. The van der Waals surface area contributed by atoms with Gasteiger partial charge in [-0.15, -0.1) is 0 Å². The van der Waals surface area contributed by atoms with Crippen molar-refractivity contribution < 1.29 is 23.2 Å². The third-order valence-corrected chi connectivity index (χ3v) is 6.47. The number of aromatic nitrogens is 4. The summed E-state index contributed by atoms with van der Waals surface area (Å²) >= 11 is 0. The molecule has 0 spiro atoms. The Morgan fingerprint density at radius 3 is 2.86 bits per heavy atom. The molecule has 3 aromatic rings. The number of fused-ring (bicyclic) bond motifs is 1. The van der Waals surface area contributed by atoms with Crippen LogP contribution in [-0.4, -0.2) is 44.7 Å². The Morgan fingerprint density at radius 1 is 1.26 bits per heavy atom. The zero-order valence-electron chi connectivity index (χ0n) is 19.2. The van der Waals surface area contributed by atoms with Gasteiger partial charge in [0.25, 0.3) is 0 Å². The summed E-state index contributed by atoms with van der Waals surface area (Å²) in [4.78, 5) is 30.0. The molecule has 1 aliphatic carbocycles. The zero-order chi connectivity index (χ0) is 24.8. The van der Waals surface area contributed by atoms with Gasteiger partial charge in [0.1, 0.15) is 17.9 Å². The second-order valence-electron chi connectivity index (χ2n) is 8.20. The zero-order valence-corrected chi connectivity index (χ0v) is 20.1. The number of hydrogen-bond acceptors (Lipinski definition) is 10. The highest BCUT2D eigenvalue weighted by atomic mass is 31.2. The van der Waals surface area contributed by atoms with Crippen LogP contribution in [0.2, 0.25) is 0 Å². The van der Waals surface area contributed by atoms with Gasteiger partial charge in [-0.3, -0.25) is 4.52 Å². The van der Waals surface area contributed by atoms with Crippen LogP contribution in [0.3, 0.4) is 0 Å². The normalized spacial score (nSPS) is 20.1. The molecule has 35 heavy (non-hydrogen) atoms. The molecule has 0 saturated heterocycles. The number of hydroxylamine groups is 1. The lowest BCUT2D eigenvalue weighted by Gasteiger charge is -2.19. The summed E-state index contributed by atoms with van der Waals surface area (Å²) in [7, 11) is -4.10. The van der Waals surface area contributed by atoms with Crippen molar-refractivity contribution in [3.63, 3.8) is 0 Å². The summed E-state index contributed by atoms with van der Waals surface area (Å²) in [6.45, 7) is 1.88. The number of nitrogens with two attached hydrogens (primary N) is 2. The van der Waals surface area contributed by atoms with E-state index in [-0.39, 0.29) is 18.6 Å². The number of nitrogens with one attached hydrogen (secondary N) is 1. The average molecular weight is 501 g/mol. The fourth-order valence-electron chi connectivity index (χ4n) is 3.67. The Hall–Kier alpha value is -3.15. The van der Waals surface area contributed by atoms with Crippen molar-refractivity contribution in [1.82, 2.24) is 25.0 Å². The van der Waals surface area contributed by atoms with Crippen LogP contribution in [-0.2, 0) is 29.7 Å². The predicted octanol–water partition coefficient (Wildman–Crippen LogP) is 2.30. The van der Waals surface area contributed by atoms with Crippen LogP contribution >= 0.6 is 7.75 Å². The summed E-state index contributed by atoms with van der Waals surface area (Å²) in [5, 5.41) is 0. The number of nitrogens with zero attached hydrogens (tertiary/aromatic N) is 4. The Labute approximate surface area is 202 Å². The molecular formula is C22H28N7O5P. The number of carbonyl (C=O) groups excluding carboxylic acids is 1. The maximum Gasteiger partial charge on any atom is 0.458 e. The fraction of sp³-hybridized carbons (Fsp3) is 0.364. The molecule has 1 aliphatic rings. The molecule has 2 heterocycles. The topological polar surface area (TPSA) is 170 Å². The molecule has 0 amide bonds. The average Bonchev–Trinajstić information content (AvgIpc) is 3.48. The Morgan fingerprint density at radius 2 is 2.06 bits per heavy atom. The monoisotopic (exact) mass is 501 g/mol. The molecule has 4 atom stereocenters. The van der Waals surface area contributed by atoms with Crippen LogP contribution < -0.4 is 16.7 Å². The maximum absolute atomic E-state index is 12.5. The first-order valence-electron chi connectivity index (χ1n) is 11.1. The highest BCUT2D eigenvalue weighted by molar-refractivity contribution is 7.51. The molecule has 5 N–H and O–H groups in total. The molecule has 1 aromatic carbocycles. The number of carbonyl (C=O) groups is 1. The van der Waals surface area contributed by atoms with Crippen LogP contribution in [0.4, 0.5) is 5.82 Å². The minimum Gasteiger partial charge on any atom is -0.382 e. The van der Waals surface area contributed by atoms with E-state index in [1.165, 1.54) is 13.3 Å². The van der Waals surface area contributed by atoms with Crippen molar-refractivity contribution in [3.05, 3.63) is 60.7 Å². The van der Waals surface area contributed by atoms with Gasteiger partial charge in [-0.05, 0) is 25.3 Å². The van der Waals surface area contributed by atoms with Crippen molar-refractivity contribution in [2.75, 3.05) is 18.9 Å². The molecule has 186 valence electrons. The number of nitrogen functional groups attached to an aromatic ring is 1. The number of anilines is 1. The van der Waals surface area contributed by atoms with E-state index < -0.39 is 19.8 Å². The number of benzene rings is 1. The number of rotatable bonds is 11. The highest BCUT2D eigenvalue weighted by Gasteiger charge is 2.30. The van der Waals surface area contributed by atoms with Crippen molar-refractivity contribution >= 4 is 30.7 Å². The number of hydrogen-bond donors (Lipinski definition) is 3. The minimum atomic E-state index is -4.10. The van der Waals surface area contributed by atoms with E-state index in [0.717, 1.165) is 5.56 Å². The van der Waals surface area contributed by atoms with E-state index in [4.69, 9.17) is 25.1 Å². The van der Waals surface area contributed by atoms with Crippen LogP contribution in [0, 0.1) is 5.92 Å². The molecule has 0 saturated carbocycles. The lowest BCUT2D eigenvalue weighted by atomic mass is 10.1. The van der Waals surface area contributed by atoms with Gasteiger partial charge >= 0.3 is 13.7 Å². The molecule has 0 bridgehead atoms. The van der Waals surface area contributed by atoms with Crippen LogP contribution in [0.1, 0.15) is 24.9 Å². The first-order chi connectivity index (χ1) is 16.8. The molecular weight excluding hydrogens is 473 g/mol. The van der Waals surface area contributed by atoms with E-state index in [0.29, 0.717) is 36.4 Å². The Kier molecular flexibility index (Phi) is 7.89. The van der Waals surface area contributed by atoms with Gasteiger partial charge in [-0.1, -0.05) is 42.5 Å². The lowest BCUT2D eigenvalue weighted by molar-refractivity contribution is -0.141.